The van der Waals surface area contributed by atoms with Gasteiger partial charge in [-0.2, -0.15) is 4.98 Å². The highest BCUT2D eigenvalue weighted by molar-refractivity contribution is 7.13. The first-order valence-electron chi connectivity index (χ1n) is 9.36. The molecule has 0 bridgehead atoms. The van der Waals surface area contributed by atoms with Crippen LogP contribution in [0, 0.1) is 13.8 Å². The lowest BCUT2D eigenvalue weighted by molar-refractivity contribution is 0.0776. The summed E-state index contributed by atoms with van der Waals surface area (Å²) in [6, 6.07) is 7.64. The predicted octanol–water partition coefficient (Wildman–Crippen LogP) is 3.67. The van der Waals surface area contributed by atoms with Gasteiger partial charge < -0.3 is 14.2 Å². The van der Waals surface area contributed by atoms with E-state index in [9.17, 15) is 4.79 Å². The molecule has 1 aliphatic heterocycles. The van der Waals surface area contributed by atoms with E-state index in [1.54, 1.807) is 0 Å². The van der Waals surface area contributed by atoms with Crippen LogP contribution in [0.3, 0.4) is 0 Å². The molecule has 7 nitrogen and oxygen atoms in total. The van der Waals surface area contributed by atoms with Crippen molar-refractivity contribution in [2.45, 2.75) is 39.7 Å². The Kier molecular flexibility index (Phi) is 5.13. The number of aryl methyl sites for hydroxylation is 3. The first-order valence-corrected chi connectivity index (χ1v) is 10.2. The maximum absolute atomic E-state index is 12.7. The van der Waals surface area contributed by atoms with Gasteiger partial charge in [-0.15, -0.1) is 11.3 Å². The molecule has 3 aromatic rings. The number of carbonyl (C=O) groups excluding carboxylic acids is 1. The molecule has 0 aliphatic carbocycles. The fraction of sp³-hybridized carbons (Fsp3) is 0.400. The first kappa shape index (κ1) is 18.6. The summed E-state index contributed by atoms with van der Waals surface area (Å²) < 4.78 is 11.2. The Morgan fingerprint density at radius 3 is 2.71 bits per heavy atom. The Balaban J connectivity index is 1.37. The number of hydrogen-bond donors (Lipinski definition) is 0. The van der Waals surface area contributed by atoms with Gasteiger partial charge in [-0.1, -0.05) is 12.1 Å². The number of likely N-dealkylation sites (tertiary alicyclic amines) is 1. The zero-order chi connectivity index (χ0) is 19.7. The molecule has 1 fully saturated rings. The second-order valence-electron chi connectivity index (χ2n) is 6.82. The number of amides is 1. The van der Waals surface area contributed by atoms with E-state index in [2.05, 4.69) is 15.1 Å². The van der Waals surface area contributed by atoms with E-state index in [-0.39, 0.29) is 12.0 Å². The second kappa shape index (κ2) is 7.71. The number of nitrogens with zero attached hydrogens (tertiary/aromatic N) is 4. The van der Waals surface area contributed by atoms with Gasteiger partial charge in [0, 0.05) is 24.9 Å². The normalized spacial score (nSPS) is 16.5. The zero-order valence-electron chi connectivity index (χ0n) is 16.1. The maximum atomic E-state index is 12.7. The summed E-state index contributed by atoms with van der Waals surface area (Å²) in [6.45, 7) is 7.06. The molecule has 1 atom stereocenters. The van der Waals surface area contributed by atoms with Gasteiger partial charge in [-0.05, 0) is 38.1 Å². The largest absolute Gasteiger partial charge is 0.489 e. The van der Waals surface area contributed by atoms with Crippen LogP contribution in [-0.4, -0.2) is 45.1 Å². The van der Waals surface area contributed by atoms with Crippen LogP contribution < -0.4 is 4.74 Å². The minimum absolute atomic E-state index is 0.0130. The first-order chi connectivity index (χ1) is 13.5. The number of ether oxygens (including phenoxy) is 1. The minimum atomic E-state index is -0.0130. The third-order valence-corrected chi connectivity index (χ3v) is 5.78. The monoisotopic (exact) mass is 398 g/mol. The van der Waals surface area contributed by atoms with Crippen LogP contribution in [0.1, 0.15) is 39.6 Å². The lowest BCUT2D eigenvalue weighted by Gasteiger charge is -2.17. The molecular formula is C20H22N4O3S. The Bertz CT molecular complexity index is 980. The number of thiazole rings is 1. The number of benzene rings is 1. The molecule has 1 aliphatic rings. The van der Waals surface area contributed by atoms with Crippen LogP contribution in [-0.2, 0) is 6.42 Å². The molecule has 3 heterocycles. The molecule has 1 unspecified atom stereocenters. The molecule has 8 heteroatoms. The Hall–Kier alpha value is -2.74. The van der Waals surface area contributed by atoms with Gasteiger partial charge in [0.25, 0.3) is 5.91 Å². The van der Waals surface area contributed by atoms with Crippen LogP contribution in [0.4, 0.5) is 0 Å². The molecule has 0 spiro atoms. The fourth-order valence-electron chi connectivity index (χ4n) is 3.27. The van der Waals surface area contributed by atoms with Gasteiger partial charge in [-0.3, -0.25) is 4.79 Å². The molecule has 0 radical (unpaired) electrons. The number of rotatable bonds is 5. The number of carbonyl (C=O) groups is 1. The maximum Gasteiger partial charge on any atom is 0.265 e. The molecule has 1 amide bonds. The highest BCUT2D eigenvalue weighted by atomic mass is 32.1. The van der Waals surface area contributed by atoms with E-state index in [4.69, 9.17) is 9.26 Å². The van der Waals surface area contributed by atoms with Crippen LogP contribution >= 0.6 is 11.3 Å². The molecule has 4 rings (SSSR count). The number of aromatic nitrogens is 3. The zero-order valence-corrected chi connectivity index (χ0v) is 17.0. The van der Waals surface area contributed by atoms with Gasteiger partial charge in [-0.25, -0.2) is 4.98 Å². The molecule has 1 aromatic carbocycles. The summed E-state index contributed by atoms with van der Waals surface area (Å²) >= 11 is 1.45. The van der Waals surface area contributed by atoms with Gasteiger partial charge in [0.15, 0.2) is 0 Å². The van der Waals surface area contributed by atoms with E-state index >= 15 is 0 Å². The van der Waals surface area contributed by atoms with Gasteiger partial charge >= 0.3 is 0 Å². The van der Waals surface area contributed by atoms with Crippen LogP contribution in [0.2, 0.25) is 0 Å². The Labute approximate surface area is 167 Å². The van der Waals surface area contributed by atoms with Crippen molar-refractivity contribution in [2.24, 2.45) is 0 Å². The lowest BCUT2D eigenvalue weighted by Crippen LogP contribution is -2.30. The van der Waals surface area contributed by atoms with Crippen LogP contribution in [0.25, 0.3) is 11.4 Å². The van der Waals surface area contributed by atoms with Crippen molar-refractivity contribution < 1.29 is 14.1 Å². The molecule has 0 saturated carbocycles. The van der Waals surface area contributed by atoms with Crippen LogP contribution in [0.15, 0.2) is 28.8 Å². The number of hydrogen-bond acceptors (Lipinski definition) is 7. The average molecular weight is 398 g/mol. The SMILES string of the molecule is CCc1nc(-c2ccc(OC3CCN(C(=O)c4sc(C)nc4C)C3)cc2)no1. The van der Waals surface area contributed by atoms with Gasteiger partial charge in [0.2, 0.25) is 11.7 Å². The highest BCUT2D eigenvalue weighted by Gasteiger charge is 2.30. The summed E-state index contributed by atoms with van der Waals surface area (Å²) in [6.07, 6.45) is 1.52. The van der Waals surface area contributed by atoms with E-state index in [1.807, 2.05) is 49.9 Å². The standard InChI is InChI=1S/C20H22N4O3S/c1-4-17-22-19(23-27-17)14-5-7-15(8-6-14)26-16-9-10-24(11-16)20(25)18-12(2)21-13(3)28-18/h5-8,16H,4,9-11H2,1-3H3. The van der Waals surface area contributed by atoms with Gasteiger partial charge in [0.1, 0.15) is 16.7 Å². The molecule has 2 aromatic heterocycles. The minimum Gasteiger partial charge on any atom is -0.489 e. The van der Waals surface area contributed by atoms with E-state index in [1.165, 1.54) is 11.3 Å². The smallest absolute Gasteiger partial charge is 0.265 e. The van der Waals surface area contributed by atoms with E-state index in [0.717, 1.165) is 33.3 Å². The van der Waals surface area contributed by atoms with Crippen molar-refractivity contribution in [3.05, 3.63) is 45.7 Å². The van der Waals surface area contributed by atoms with Crippen molar-refractivity contribution >= 4 is 17.2 Å². The van der Waals surface area contributed by atoms with Gasteiger partial charge in [0.05, 0.1) is 17.2 Å². The molecule has 146 valence electrons. The molecular weight excluding hydrogens is 376 g/mol. The predicted molar refractivity (Wildman–Crippen MR) is 106 cm³/mol. The fourth-order valence-corrected chi connectivity index (χ4v) is 4.16. The summed E-state index contributed by atoms with van der Waals surface area (Å²) in [5.74, 6) is 2.02. The Morgan fingerprint density at radius 2 is 2.07 bits per heavy atom. The van der Waals surface area contributed by atoms with Crippen molar-refractivity contribution in [1.29, 1.82) is 0 Å². The third-order valence-electron chi connectivity index (χ3n) is 4.72. The van der Waals surface area contributed by atoms with Crippen LogP contribution in [0.5, 0.6) is 5.75 Å². The van der Waals surface area contributed by atoms with Crippen molar-refractivity contribution in [3.8, 4) is 17.1 Å². The summed E-state index contributed by atoms with van der Waals surface area (Å²) in [7, 11) is 0. The summed E-state index contributed by atoms with van der Waals surface area (Å²) in [4.78, 5) is 24.0. The van der Waals surface area contributed by atoms with E-state index < -0.39 is 0 Å². The molecule has 0 N–H and O–H groups in total. The Morgan fingerprint density at radius 1 is 1.29 bits per heavy atom. The summed E-state index contributed by atoms with van der Waals surface area (Å²) in [5.41, 5.74) is 1.69. The lowest BCUT2D eigenvalue weighted by atomic mass is 10.2. The highest BCUT2D eigenvalue weighted by Crippen LogP contribution is 2.25. The van der Waals surface area contributed by atoms with Crippen molar-refractivity contribution in [3.63, 3.8) is 0 Å². The topological polar surface area (TPSA) is 81.4 Å². The summed E-state index contributed by atoms with van der Waals surface area (Å²) in [5, 5.41) is 4.90. The quantitative estimate of drug-likeness (QED) is 0.652. The average Bonchev–Trinajstić information content (AvgIpc) is 3.42. The third kappa shape index (κ3) is 3.77. The van der Waals surface area contributed by atoms with Crippen molar-refractivity contribution in [2.75, 3.05) is 13.1 Å². The van der Waals surface area contributed by atoms with Crippen molar-refractivity contribution in [1.82, 2.24) is 20.0 Å². The second-order valence-corrected chi connectivity index (χ2v) is 8.02. The molecule has 28 heavy (non-hydrogen) atoms. The molecule has 1 saturated heterocycles. The van der Waals surface area contributed by atoms with E-state index in [0.29, 0.717) is 31.2 Å².